The minimum absolute atomic E-state index is 0.199. The van der Waals surface area contributed by atoms with Gasteiger partial charge in [0.25, 0.3) is 5.91 Å². The van der Waals surface area contributed by atoms with E-state index in [1.54, 1.807) is 11.0 Å². The molecule has 0 atom stereocenters. The van der Waals surface area contributed by atoms with E-state index < -0.39 is 0 Å². The molecule has 1 heterocycles. The first kappa shape index (κ1) is 14.8. The predicted molar refractivity (Wildman–Crippen MR) is 81.4 cm³/mol. The standard InChI is InChI=1S/C15H17N5O/c1-2-20(9-5-8-16)15(21)14-10-13(19-17)11-6-3-4-7-12(11)18-14/h3-4,6-7,10H,2,5,9,17H2,1H3,(H,18,19). The molecule has 0 aliphatic rings. The van der Waals surface area contributed by atoms with E-state index in [0.29, 0.717) is 36.4 Å². The Morgan fingerprint density at radius 3 is 2.90 bits per heavy atom. The first-order valence-corrected chi connectivity index (χ1v) is 6.74. The number of aromatic nitrogens is 1. The fourth-order valence-corrected chi connectivity index (χ4v) is 2.15. The maximum Gasteiger partial charge on any atom is 0.272 e. The number of fused-ring (bicyclic) bond motifs is 1. The van der Waals surface area contributed by atoms with E-state index >= 15 is 0 Å². The Bertz CT molecular complexity index is 692. The number of hydrazine groups is 1. The number of rotatable bonds is 5. The Hall–Kier alpha value is -2.65. The number of carbonyl (C=O) groups excluding carboxylic acids is 1. The van der Waals surface area contributed by atoms with Crippen LogP contribution in [0.4, 0.5) is 5.69 Å². The second kappa shape index (κ2) is 6.68. The van der Waals surface area contributed by atoms with Gasteiger partial charge in [0.15, 0.2) is 0 Å². The fourth-order valence-electron chi connectivity index (χ4n) is 2.15. The highest BCUT2D eigenvalue weighted by molar-refractivity contribution is 5.99. The molecule has 0 saturated heterocycles. The van der Waals surface area contributed by atoms with Crippen molar-refractivity contribution in [3.8, 4) is 6.07 Å². The molecule has 108 valence electrons. The van der Waals surface area contributed by atoms with E-state index in [1.165, 1.54) is 0 Å². The molecular weight excluding hydrogens is 266 g/mol. The van der Waals surface area contributed by atoms with Gasteiger partial charge in [0.05, 0.1) is 23.7 Å². The van der Waals surface area contributed by atoms with Gasteiger partial charge in [-0.1, -0.05) is 18.2 Å². The Morgan fingerprint density at radius 1 is 1.48 bits per heavy atom. The summed E-state index contributed by atoms with van der Waals surface area (Å²) >= 11 is 0. The summed E-state index contributed by atoms with van der Waals surface area (Å²) in [6.45, 7) is 2.80. The van der Waals surface area contributed by atoms with Gasteiger partial charge >= 0.3 is 0 Å². The Labute approximate surface area is 123 Å². The normalized spacial score (nSPS) is 10.1. The summed E-state index contributed by atoms with van der Waals surface area (Å²) in [5.74, 6) is 5.33. The van der Waals surface area contributed by atoms with Crippen LogP contribution in [0.15, 0.2) is 30.3 Å². The number of carbonyl (C=O) groups is 1. The highest BCUT2D eigenvalue weighted by atomic mass is 16.2. The number of nitrogens with zero attached hydrogens (tertiary/aromatic N) is 3. The molecule has 0 radical (unpaired) electrons. The number of hydrogen-bond donors (Lipinski definition) is 2. The Morgan fingerprint density at radius 2 is 2.24 bits per heavy atom. The molecule has 1 aromatic carbocycles. The lowest BCUT2D eigenvalue weighted by Gasteiger charge is -2.19. The number of benzene rings is 1. The zero-order valence-corrected chi connectivity index (χ0v) is 11.8. The molecule has 2 aromatic rings. The monoisotopic (exact) mass is 283 g/mol. The fraction of sp³-hybridized carbons (Fsp3) is 0.267. The average Bonchev–Trinajstić information content (AvgIpc) is 2.54. The van der Waals surface area contributed by atoms with Crippen LogP contribution >= 0.6 is 0 Å². The van der Waals surface area contributed by atoms with Gasteiger partial charge in [0, 0.05) is 18.5 Å². The number of nitrogen functional groups attached to an aromatic ring is 1. The van der Waals surface area contributed by atoms with Crippen LogP contribution in [0.2, 0.25) is 0 Å². The molecule has 6 nitrogen and oxygen atoms in total. The smallest absolute Gasteiger partial charge is 0.272 e. The average molecular weight is 283 g/mol. The molecule has 6 heteroatoms. The summed E-state index contributed by atoms with van der Waals surface area (Å²) in [6, 6.07) is 11.1. The lowest BCUT2D eigenvalue weighted by molar-refractivity contribution is 0.0762. The molecule has 1 aromatic heterocycles. The summed E-state index contributed by atoms with van der Waals surface area (Å²) in [5.41, 5.74) is 4.28. The third-order valence-corrected chi connectivity index (χ3v) is 3.25. The van der Waals surface area contributed by atoms with Crippen molar-refractivity contribution in [3.05, 3.63) is 36.0 Å². The van der Waals surface area contributed by atoms with Crippen molar-refractivity contribution in [2.75, 3.05) is 18.5 Å². The number of nitrogens with one attached hydrogen (secondary N) is 1. The summed E-state index contributed by atoms with van der Waals surface area (Å²) < 4.78 is 0. The molecule has 0 bridgehead atoms. The van der Waals surface area contributed by atoms with E-state index in [1.807, 2.05) is 37.3 Å². The van der Waals surface area contributed by atoms with Crippen molar-refractivity contribution in [3.63, 3.8) is 0 Å². The maximum atomic E-state index is 12.5. The van der Waals surface area contributed by atoms with Gasteiger partial charge in [0.1, 0.15) is 5.69 Å². The third-order valence-electron chi connectivity index (χ3n) is 3.25. The largest absolute Gasteiger partial charge is 0.337 e. The topological polar surface area (TPSA) is 95.0 Å². The number of pyridine rings is 1. The molecule has 0 fully saturated rings. The zero-order valence-electron chi connectivity index (χ0n) is 11.8. The van der Waals surface area contributed by atoms with Crippen LogP contribution in [0.5, 0.6) is 0 Å². The molecule has 0 unspecified atom stereocenters. The van der Waals surface area contributed by atoms with Crippen molar-refractivity contribution in [2.24, 2.45) is 5.84 Å². The lowest BCUT2D eigenvalue weighted by atomic mass is 10.1. The van der Waals surface area contributed by atoms with Gasteiger partial charge in [-0.15, -0.1) is 0 Å². The summed E-state index contributed by atoms with van der Waals surface area (Å²) in [7, 11) is 0. The molecule has 0 spiro atoms. The number of anilines is 1. The molecule has 3 N–H and O–H groups in total. The van der Waals surface area contributed by atoms with Gasteiger partial charge < -0.3 is 10.3 Å². The van der Waals surface area contributed by atoms with Crippen LogP contribution in [-0.2, 0) is 0 Å². The second-order valence-corrected chi connectivity index (χ2v) is 4.51. The maximum absolute atomic E-state index is 12.5. The van der Waals surface area contributed by atoms with Gasteiger partial charge in [-0.2, -0.15) is 5.26 Å². The molecule has 21 heavy (non-hydrogen) atoms. The number of amides is 1. The molecular formula is C15H17N5O. The highest BCUT2D eigenvalue weighted by Crippen LogP contribution is 2.22. The molecule has 0 aliphatic carbocycles. The predicted octanol–water partition coefficient (Wildman–Crippen LogP) is 1.90. The SMILES string of the molecule is CCN(CCC#N)C(=O)c1cc(NN)c2ccccc2n1. The van der Waals surface area contributed by atoms with Crippen molar-refractivity contribution in [2.45, 2.75) is 13.3 Å². The van der Waals surface area contributed by atoms with E-state index in [4.69, 9.17) is 11.1 Å². The first-order chi connectivity index (χ1) is 10.2. The zero-order chi connectivity index (χ0) is 15.2. The molecule has 2 rings (SSSR count). The van der Waals surface area contributed by atoms with E-state index in [0.717, 1.165) is 5.39 Å². The van der Waals surface area contributed by atoms with Crippen LogP contribution < -0.4 is 11.3 Å². The minimum Gasteiger partial charge on any atom is -0.337 e. The second-order valence-electron chi connectivity index (χ2n) is 4.51. The van der Waals surface area contributed by atoms with Crippen LogP contribution in [-0.4, -0.2) is 28.9 Å². The molecule has 1 amide bonds. The highest BCUT2D eigenvalue weighted by Gasteiger charge is 2.17. The van der Waals surface area contributed by atoms with E-state index in [9.17, 15) is 4.79 Å². The van der Waals surface area contributed by atoms with Gasteiger partial charge in [-0.25, -0.2) is 4.98 Å². The van der Waals surface area contributed by atoms with Crippen molar-refractivity contribution >= 4 is 22.5 Å². The first-order valence-electron chi connectivity index (χ1n) is 6.74. The third kappa shape index (κ3) is 3.09. The lowest BCUT2D eigenvalue weighted by Crippen LogP contribution is -2.32. The number of nitrogens with two attached hydrogens (primary N) is 1. The van der Waals surface area contributed by atoms with Gasteiger partial charge in [0.2, 0.25) is 0 Å². The quantitative estimate of drug-likeness (QED) is 0.645. The van der Waals surface area contributed by atoms with E-state index in [-0.39, 0.29) is 5.91 Å². The van der Waals surface area contributed by atoms with E-state index in [2.05, 4.69) is 10.4 Å². The van der Waals surface area contributed by atoms with Crippen molar-refractivity contribution in [1.82, 2.24) is 9.88 Å². The summed E-state index contributed by atoms with van der Waals surface area (Å²) in [5, 5.41) is 9.51. The summed E-state index contributed by atoms with van der Waals surface area (Å²) in [6.07, 6.45) is 0.301. The molecule has 0 saturated carbocycles. The number of nitriles is 1. The van der Waals surface area contributed by atoms with Gasteiger partial charge in [-0.3, -0.25) is 10.6 Å². The molecule has 0 aliphatic heterocycles. The van der Waals surface area contributed by atoms with Gasteiger partial charge in [-0.05, 0) is 19.1 Å². The minimum atomic E-state index is -0.199. The summed E-state index contributed by atoms with van der Waals surface area (Å²) in [4.78, 5) is 18.5. The van der Waals surface area contributed by atoms with Crippen LogP contribution in [0.3, 0.4) is 0 Å². The number of para-hydroxylation sites is 1. The van der Waals surface area contributed by atoms with Crippen LogP contribution in [0.1, 0.15) is 23.8 Å². The van der Waals surface area contributed by atoms with Crippen molar-refractivity contribution in [1.29, 1.82) is 5.26 Å². The van der Waals surface area contributed by atoms with Crippen LogP contribution in [0.25, 0.3) is 10.9 Å². The Balaban J connectivity index is 2.41. The Kier molecular flexibility index (Phi) is 4.69. The number of hydrogen-bond acceptors (Lipinski definition) is 5. The van der Waals surface area contributed by atoms with Crippen LogP contribution in [0, 0.1) is 11.3 Å². The van der Waals surface area contributed by atoms with Crippen molar-refractivity contribution < 1.29 is 4.79 Å².